The molecule has 1 aliphatic rings. The fraction of sp³-hybridized carbons (Fsp3) is 0.500. The van der Waals surface area contributed by atoms with Gasteiger partial charge in [-0.2, -0.15) is 0 Å². The smallest absolute Gasteiger partial charge is 0.338 e. The van der Waals surface area contributed by atoms with Crippen LogP contribution in [-0.2, 0) is 9.53 Å². The molecule has 1 unspecified atom stereocenters. The lowest BCUT2D eigenvalue weighted by molar-refractivity contribution is -0.140. The molecule has 0 aliphatic carbocycles. The van der Waals surface area contributed by atoms with Crippen LogP contribution >= 0.6 is 0 Å². The molecule has 164 valence electrons. The molecule has 0 saturated heterocycles. The van der Waals surface area contributed by atoms with E-state index in [-0.39, 0.29) is 30.1 Å². The highest BCUT2D eigenvalue weighted by Gasteiger charge is 2.35. The number of urea groups is 2. The molecular weight excluding hydrogens is 384 g/mol. The van der Waals surface area contributed by atoms with Crippen molar-refractivity contribution in [1.29, 1.82) is 0 Å². The van der Waals surface area contributed by atoms with Crippen molar-refractivity contribution >= 4 is 23.7 Å². The number of hydrogen-bond acceptors (Lipinski definition) is 4. The summed E-state index contributed by atoms with van der Waals surface area (Å²) in [6.45, 7) is 11.6. The van der Waals surface area contributed by atoms with E-state index in [2.05, 4.69) is 16.0 Å². The van der Waals surface area contributed by atoms with E-state index in [1.165, 1.54) is 4.90 Å². The minimum Gasteiger partial charge on any atom is -0.462 e. The van der Waals surface area contributed by atoms with Crippen LogP contribution in [0.25, 0.3) is 0 Å². The van der Waals surface area contributed by atoms with Crippen LogP contribution in [0.3, 0.4) is 0 Å². The Hall–Kier alpha value is -3.03. The zero-order valence-electron chi connectivity index (χ0n) is 18.8. The number of rotatable bonds is 5. The highest BCUT2D eigenvalue weighted by molar-refractivity contribution is 5.95. The van der Waals surface area contributed by atoms with Crippen molar-refractivity contribution in [3.05, 3.63) is 41.1 Å². The second-order valence-electron chi connectivity index (χ2n) is 8.89. The number of amides is 4. The minimum atomic E-state index is -0.680. The molecule has 4 amide bonds. The van der Waals surface area contributed by atoms with Gasteiger partial charge in [-0.25, -0.2) is 14.4 Å². The molecule has 0 bridgehead atoms. The monoisotopic (exact) mass is 416 g/mol. The molecule has 8 heteroatoms. The first-order valence-corrected chi connectivity index (χ1v) is 10.00. The second-order valence-corrected chi connectivity index (χ2v) is 8.89. The van der Waals surface area contributed by atoms with Gasteiger partial charge in [0.25, 0.3) is 0 Å². The maximum Gasteiger partial charge on any atom is 0.338 e. The van der Waals surface area contributed by atoms with Gasteiger partial charge >= 0.3 is 18.0 Å². The zero-order chi connectivity index (χ0) is 22.6. The average Bonchev–Trinajstić information content (AvgIpc) is 2.62. The summed E-state index contributed by atoms with van der Waals surface area (Å²) in [7, 11) is 1.60. The van der Waals surface area contributed by atoms with Gasteiger partial charge in [-0.1, -0.05) is 26.0 Å². The summed E-state index contributed by atoms with van der Waals surface area (Å²) in [5.41, 5.74) is 1.74. The molecule has 2 rings (SSSR count). The number of esters is 1. The molecule has 1 heterocycles. The van der Waals surface area contributed by atoms with Gasteiger partial charge in [0.05, 0.1) is 18.2 Å². The van der Waals surface area contributed by atoms with Gasteiger partial charge in [0.2, 0.25) is 0 Å². The molecule has 1 aliphatic heterocycles. The number of nitrogens with one attached hydrogen (secondary N) is 3. The Kier molecular flexibility index (Phi) is 7.12. The molecule has 3 N–H and O–H groups in total. The highest BCUT2D eigenvalue weighted by atomic mass is 16.5. The lowest BCUT2D eigenvalue weighted by atomic mass is 9.94. The Bertz CT molecular complexity index is 855. The molecule has 0 aromatic heterocycles. The van der Waals surface area contributed by atoms with E-state index >= 15 is 0 Å². The van der Waals surface area contributed by atoms with E-state index in [4.69, 9.17) is 4.74 Å². The number of hydrogen-bond donors (Lipinski definition) is 3. The van der Waals surface area contributed by atoms with Crippen LogP contribution in [0.5, 0.6) is 0 Å². The molecule has 0 spiro atoms. The van der Waals surface area contributed by atoms with Crippen molar-refractivity contribution in [2.45, 2.75) is 53.1 Å². The summed E-state index contributed by atoms with van der Waals surface area (Å²) in [6.07, 6.45) is 0. The van der Waals surface area contributed by atoms with Crippen LogP contribution in [0.4, 0.5) is 15.3 Å². The fourth-order valence-electron chi connectivity index (χ4n) is 2.97. The molecule has 0 radical (unpaired) electrons. The van der Waals surface area contributed by atoms with Gasteiger partial charge in [0.15, 0.2) is 0 Å². The van der Waals surface area contributed by atoms with E-state index in [0.29, 0.717) is 22.5 Å². The van der Waals surface area contributed by atoms with E-state index in [0.717, 1.165) is 0 Å². The van der Waals surface area contributed by atoms with Gasteiger partial charge in [0.1, 0.15) is 0 Å². The molecular formula is C22H32N4O4. The maximum absolute atomic E-state index is 12.8. The number of carbonyl (C=O) groups is 3. The summed E-state index contributed by atoms with van der Waals surface area (Å²) in [5.74, 6) is -0.278. The Balaban J connectivity index is 2.34. The third-order valence-electron chi connectivity index (χ3n) is 4.49. The number of anilines is 1. The zero-order valence-corrected chi connectivity index (χ0v) is 18.8. The first-order chi connectivity index (χ1) is 13.9. The van der Waals surface area contributed by atoms with E-state index in [9.17, 15) is 14.4 Å². The number of allylic oxidation sites excluding steroid dienone is 1. The summed E-state index contributed by atoms with van der Waals surface area (Å²) in [5, 5.41) is 8.47. The van der Waals surface area contributed by atoms with Gasteiger partial charge in [-0.05, 0) is 51.3 Å². The van der Waals surface area contributed by atoms with Crippen LogP contribution in [0.1, 0.15) is 53.1 Å². The Morgan fingerprint density at radius 1 is 1.27 bits per heavy atom. The summed E-state index contributed by atoms with van der Waals surface area (Å²) in [6, 6.07) is 5.71. The van der Waals surface area contributed by atoms with E-state index in [1.807, 2.05) is 34.6 Å². The Morgan fingerprint density at radius 2 is 1.93 bits per heavy atom. The van der Waals surface area contributed by atoms with E-state index in [1.54, 1.807) is 38.2 Å². The van der Waals surface area contributed by atoms with Gasteiger partial charge < -0.3 is 25.6 Å². The topological polar surface area (TPSA) is 99.8 Å². The highest BCUT2D eigenvalue weighted by Crippen LogP contribution is 2.32. The Labute approximate surface area is 178 Å². The van der Waals surface area contributed by atoms with Crippen molar-refractivity contribution in [2.75, 3.05) is 19.0 Å². The fourth-order valence-corrected chi connectivity index (χ4v) is 2.97. The van der Waals surface area contributed by atoms with Crippen molar-refractivity contribution in [3.8, 4) is 0 Å². The number of carbonyl (C=O) groups excluding carboxylic acids is 3. The van der Waals surface area contributed by atoms with Gasteiger partial charge in [-0.15, -0.1) is 0 Å². The second kappa shape index (κ2) is 9.19. The number of nitrogens with zero attached hydrogens (tertiary/aromatic N) is 1. The molecule has 0 fully saturated rings. The quantitative estimate of drug-likeness (QED) is 0.636. The molecule has 0 saturated carbocycles. The third-order valence-corrected chi connectivity index (χ3v) is 4.49. The molecule has 1 atom stereocenters. The molecule has 8 nitrogen and oxygen atoms in total. The van der Waals surface area contributed by atoms with Crippen molar-refractivity contribution in [3.63, 3.8) is 0 Å². The van der Waals surface area contributed by atoms with Crippen LogP contribution in [-0.4, -0.2) is 42.1 Å². The summed E-state index contributed by atoms with van der Waals surface area (Å²) < 4.78 is 5.44. The summed E-state index contributed by atoms with van der Waals surface area (Å²) in [4.78, 5) is 38.8. The predicted molar refractivity (Wildman–Crippen MR) is 116 cm³/mol. The van der Waals surface area contributed by atoms with Crippen LogP contribution < -0.4 is 16.0 Å². The normalized spacial score (nSPS) is 17.0. The van der Waals surface area contributed by atoms with Crippen LogP contribution in [0, 0.1) is 5.92 Å². The van der Waals surface area contributed by atoms with Crippen LogP contribution in [0.15, 0.2) is 35.5 Å². The minimum absolute atomic E-state index is 0.193. The van der Waals surface area contributed by atoms with Crippen LogP contribution in [0.2, 0.25) is 0 Å². The first kappa shape index (κ1) is 23.3. The lowest BCUT2D eigenvalue weighted by Crippen LogP contribution is -2.46. The average molecular weight is 417 g/mol. The number of ether oxygens (including phenoxy) is 1. The predicted octanol–water partition coefficient (Wildman–Crippen LogP) is 3.78. The Morgan fingerprint density at radius 3 is 2.53 bits per heavy atom. The van der Waals surface area contributed by atoms with Crippen molar-refractivity contribution < 1.29 is 19.1 Å². The van der Waals surface area contributed by atoms with Gasteiger partial charge in [0, 0.05) is 24.0 Å². The molecule has 30 heavy (non-hydrogen) atoms. The molecule has 1 aromatic carbocycles. The lowest BCUT2D eigenvalue weighted by Gasteiger charge is -2.33. The SMILES string of the molecule is CC1=C(C(=O)OCC(C)C)C(c2cccc(NC(=O)NC(C)(C)C)c2)NC(=O)N1C. The summed E-state index contributed by atoms with van der Waals surface area (Å²) >= 11 is 0. The first-order valence-electron chi connectivity index (χ1n) is 10.00. The van der Waals surface area contributed by atoms with Crippen molar-refractivity contribution in [2.24, 2.45) is 5.92 Å². The standard InChI is InChI=1S/C22H32N4O4/c1-13(2)12-30-19(27)17-14(3)26(7)21(29)24-18(17)15-9-8-10-16(11-15)23-20(28)25-22(4,5)6/h8-11,13,18H,12H2,1-7H3,(H,24,29)(H2,23,25,28). The van der Waals surface area contributed by atoms with E-state index < -0.39 is 12.0 Å². The molecule has 1 aromatic rings. The third kappa shape index (κ3) is 5.98. The van der Waals surface area contributed by atoms with Crippen molar-refractivity contribution in [1.82, 2.24) is 15.5 Å². The number of benzene rings is 1. The maximum atomic E-state index is 12.8. The largest absolute Gasteiger partial charge is 0.462 e. The van der Waals surface area contributed by atoms with Gasteiger partial charge in [-0.3, -0.25) is 0 Å².